The number of aryl methyl sites for hydroxylation is 1. The molecule has 2 rings (SSSR count). The number of likely N-dealkylation sites (N-methyl/N-ethyl adjacent to an activating group) is 1. The van der Waals surface area contributed by atoms with E-state index in [1.54, 1.807) is 26.2 Å². The van der Waals surface area contributed by atoms with Gasteiger partial charge in [-0.05, 0) is 48.9 Å². The van der Waals surface area contributed by atoms with Gasteiger partial charge in [-0.2, -0.15) is 0 Å². The number of carbonyl (C=O) groups excluding carboxylic acids is 1. The molecule has 0 saturated carbocycles. The third-order valence-electron chi connectivity index (χ3n) is 3.59. The monoisotopic (exact) mass is 378 g/mol. The third-order valence-corrected chi connectivity index (χ3v) is 4.98. The molecule has 0 fully saturated rings. The lowest BCUT2D eigenvalue weighted by atomic mass is 10.2. The van der Waals surface area contributed by atoms with E-state index in [1.807, 2.05) is 13.0 Å². The molecule has 0 radical (unpaired) electrons. The van der Waals surface area contributed by atoms with Crippen molar-refractivity contribution in [2.24, 2.45) is 0 Å². The number of rotatable bonds is 7. The Morgan fingerprint density at radius 2 is 1.77 bits per heavy atom. The minimum atomic E-state index is -3.78. The smallest absolute Gasteiger partial charge is 0.262 e. The zero-order chi connectivity index (χ0) is 19.3. The van der Waals surface area contributed by atoms with E-state index < -0.39 is 10.0 Å². The molecule has 0 atom stereocenters. The Bertz CT molecular complexity index is 877. The molecule has 0 spiro atoms. The second-order valence-electron chi connectivity index (χ2n) is 5.86. The van der Waals surface area contributed by atoms with Crippen LogP contribution in [0.25, 0.3) is 0 Å². The van der Waals surface area contributed by atoms with Gasteiger partial charge in [0.25, 0.3) is 15.9 Å². The average molecular weight is 378 g/mol. The van der Waals surface area contributed by atoms with Gasteiger partial charge in [0.2, 0.25) is 0 Å². The minimum absolute atomic E-state index is 0.0762. The first kappa shape index (κ1) is 19.6. The second kappa shape index (κ2) is 8.09. The van der Waals surface area contributed by atoms with Gasteiger partial charge in [0.1, 0.15) is 11.5 Å². The number of anilines is 1. The van der Waals surface area contributed by atoms with Gasteiger partial charge in [-0.25, -0.2) is 8.42 Å². The predicted octanol–water partition coefficient (Wildman–Crippen LogP) is 2.27. The first-order valence-corrected chi connectivity index (χ1v) is 9.32. The summed E-state index contributed by atoms with van der Waals surface area (Å²) < 4.78 is 38.2. The molecule has 2 aromatic carbocycles. The molecule has 7 nitrogen and oxygen atoms in total. The fourth-order valence-electron chi connectivity index (χ4n) is 2.09. The molecule has 0 aliphatic heterocycles. The zero-order valence-electron chi connectivity index (χ0n) is 15.1. The van der Waals surface area contributed by atoms with Crippen molar-refractivity contribution in [2.45, 2.75) is 11.8 Å². The van der Waals surface area contributed by atoms with Crippen molar-refractivity contribution in [3.63, 3.8) is 0 Å². The van der Waals surface area contributed by atoms with Gasteiger partial charge in [-0.3, -0.25) is 9.52 Å². The summed E-state index contributed by atoms with van der Waals surface area (Å²) in [6.45, 7) is 1.75. The maximum atomic E-state index is 12.6. The summed E-state index contributed by atoms with van der Waals surface area (Å²) in [7, 11) is 0.954. The van der Waals surface area contributed by atoms with Gasteiger partial charge in [-0.1, -0.05) is 6.07 Å². The van der Waals surface area contributed by atoms with Crippen molar-refractivity contribution in [2.75, 3.05) is 32.5 Å². The van der Waals surface area contributed by atoms with Crippen LogP contribution in [-0.4, -0.2) is 47.0 Å². The number of nitrogens with one attached hydrogen (secondary N) is 1. The maximum Gasteiger partial charge on any atom is 0.262 e. The molecule has 8 heteroatoms. The zero-order valence-corrected chi connectivity index (χ0v) is 16.0. The number of benzene rings is 2. The highest BCUT2D eigenvalue weighted by Crippen LogP contribution is 2.28. The Labute approximate surface area is 153 Å². The van der Waals surface area contributed by atoms with Crippen LogP contribution in [0.1, 0.15) is 5.56 Å². The van der Waals surface area contributed by atoms with Crippen LogP contribution < -0.4 is 14.2 Å². The Balaban J connectivity index is 2.15. The predicted molar refractivity (Wildman–Crippen MR) is 99.2 cm³/mol. The van der Waals surface area contributed by atoms with Crippen LogP contribution in [0.15, 0.2) is 47.4 Å². The molecular weight excluding hydrogens is 356 g/mol. The van der Waals surface area contributed by atoms with Gasteiger partial charge in [0, 0.05) is 14.1 Å². The summed E-state index contributed by atoms with van der Waals surface area (Å²) in [5.74, 6) is 0.656. The summed E-state index contributed by atoms with van der Waals surface area (Å²) in [6.07, 6.45) is 0. The van der Waals surface area contributed by atoms with Crippen LogP contribution in [-0.2, 0) is 14.8 Å². The molecule has 26 heavy (non-hydrogen) atoms. The highest BCUT2D eigenvalue weighted by atomic mass is 32.2. The summed E-state index contributed by atoms with van der Waals surface area (Å²) in [6, 6.07) is 11.1. The molecule has 0 bridgehead atoms. The van der Waals surface area contributed by atoms with E-state index in [0.717, 1.165) is 5.56 Å². The number of nitrogens with zero attached hydrogens (tertiary/aromatic N) is 1. The topological polar surface area (TPSA) is 84.9 Å². The van der Waals surface area contributed by atoms with E-state index in [9.17, 15) is 13.2 Å². The quantitative estimate of drug-likeness (QED) is 0.799. The van der Waals surface area contributed by atoms with Gasteiger partial charge >= 0.3 is 0 Å². The molecule has 0 aliphatic rings. The number of methoxy groups -OCH3 is 1. The van der Waals surface area contributed by atoms with E-state index in [0.29, 0.717) is 17.2 Å². The van der Waals surface area contributed by atoms with Gasteiger partial charge in [0.15, 0.2) is 6.61 Å². The molecule has 1 amide bonds. The van der Waals surface area contributed by atoms with E-state index in [2.05, 4.69) is 4.72 Å². The first-order chi connectivity index (χ1) is 12.2. The van der Waals surface area contributed by atoms with E-state index in [4.69, 9.17) is 9.47 Å². The first-order valence-electron chi connectivity index (χ1n) is 7.83. The number of hydrogen-bond acceptors (Lipinski definition) is 5. The van der Waals surface area contributed by atoms with E-state index in [-0.39, 0.29) is 17.4 Å². The van der Waals surface area contributed by atoms with Crippen molar-refractivity contribution in [3.8, 4) is 11.5 Å². The maximum absolute atomic E-state index is 12.6. The summed E-state index contributed by atoms with van der Waals surface area (Å²) in [4.78, 5) is 13.0. The Morgan fingerprint density at radius 3 is 2.35 bits per heavy atom. The minimum Gasteiger partial charge on any atom is -0.495 e. The SMILES string of the molecule is COc1ccc(C)cc1NS(=O)(=O)c1ccc(OCC(=O)N(C)C)cc1. The summed E-state index contributed by atoms with van der Waals surface area (Å²) in [5, 5.41) is 0. The molecule has 140 valence electrons. The lowest BCUT2D eigenvalue weighted by Crippen LogP contribution is -2.27. The Hall–Kier alpha value is -2.74. The van der Waals surface area contributed by atoms with Gasteiger partial charge < -0.3 is 14.4 Å². The van der Waals surface area contributed by atoms with E-state index in [1.165, 1.54) is 36.3 Å². The number of hydrogen-bond donors (Lipinski definition) is 1. The number of amides is 1. The third kappa shape index (κ3) is 4.89. The van der Waals surface area contributed by atoms with Crippen LogP contribution in [0.2, 0.25) is 0 Å². The van der Waals surface area contributed by atoms with Crippen molar-refractivity contribution in [1.29, 1.82) is 0 Å². The van der Waals surface area contributed by atoms with Crippen molar-refractivity contribution >= 4 is 21.6 Å². The normalized spacial score (nSPS) is 10.9. The lowest BCUT2D eigenvalue weighted by Gasteiger charge is -2.13. The highest BCUT2D eigenvalue weighted by Gasteiger charge is 2.17. The lowest BCUT2D eigenvalue weighted by molar-refractivity contribution is -0.130. The fourth-order valence-corrected chi connectivity index (χ4v) is 3.16. The van der Waals surface area contributed by atoms with Crippen molar-refractivity contribution < 1.29 is 22.7 Å². The molecule has 0 unspecified atom stereocenters. The Kier molecular flexibility index (Phi) is 6.10. The largest absolute Gasteiger partial charge is 0.495 e. The van der Waals surface area contributed by atoms with Crippen LogP contribution in [0.5, 0.6) is 11.5 Å². The molecular formula is C18H22N2O5S. The Morgan fingerprint density at radius 1 is 1.12 bits per heavy atom. The molecule has 0 saturated heterocycles. The van der Waals surface area contributed by atoms with Gasteiger partial charge in [-0.15, -0.1) is 0 Å². The molecule has 1 N–H and O–H groups in total. The summed E-state index contributed by atoms with van der Waals surface area (Å²) in [5.41, 5.74) is 1.27. The van der Waals surface area contributed by atoms with Crippen LogP contribution >= 0.6 is 0 Å². The standard InChI is InChI=1S/C18H22N2O5S/c1-13-5-10-17(24-4)16(11-13)19-26(22,23)15-8-6-14(7-9-15)25-12-18(21)20(2)3/h5-11,19H,12H2,1-4H3. The molecule has 2 aromatic rings. The van der Waals surface area contributed by atoms with Crippen molar-refractivity contribution in [1.82, 2.24) is 4.90 Å². The molecule has 0 aliphatic carbocycles. The number of ether oxygens (including phenoxy) is 2. The molecule has 0 heterocycles. The summed E-state index contributed by atoms with van der Waals surface area (Å²) >= 11 is 0. The second-order valence-corrected chi connectivity index (χ2v) is 7.54. The average Bonchev–Trinajstić information content (AvgIpc) is 2.59. The van der Waals surface area contributed by atoms with Crippen molar-refractivity contribution in [3.05, 3.63) is 48.0 Å². The fraction of sp³-hybridized carbons (Fsp3) is 0.278. The number of carbonyl (C=O) groups is 1. The van der Waals surface area contributed by atoms with Gasteiger partial charge in [0.05, 0.1) is 17.7 Å². The van der Waals surface area contributed by atoms with Crippen LogP contribution in [0, 0.1) is 6.92 Å². The highest BCUT2D eigenvalue weighted by molar-refractivity contribution is 7.92. The number of sulfonamides is 1. The van der Waals surface area contributed by atoms with Crippen LogP contribution in [0.3, 0.4) is 0 Å². The molecule has 0 aromatic heterocycles. The van der Waals surface area contributed by atoms with Crippen LogP contribution in [0.4, 0.5) is 5.69 Å². The van der Waals surface area contributed by atoms with E-state index >= 15 is 0 Å².